The Morgan fingerprint density at radius 1 is 1.10 bits per heavy atom. The third-order valence-electron chi connectivity index (χ3n) is 4.46. The van der Waals surface area contributed by atoms with Crippen molar-refractivity contribution in [2.75, 3.05) is 0 Å². The molecule has 0 aliphatic heterocycles. The molecule has 0 amide bonds. The smallest absolute Gasteiger partial charge is 0.347 e. The topological polar surface area (TPSA) is 85.6 Å². The van der Waals surface area contributed by atoms with Crippen LogP contribution in [0.25, 0.3) is 0 Å². The monoisotopic (exact) mass is 423 g/mol. The van der Waals surface area contributed by atoms with Crippen molar-refractivity contribution in [3.8, 4) is 17.6 Å². The van der Waals surface area contributed by atoms with Crippen LogP contribution in [0.3, 0.4) is 0 Å². The normalized spacial score (nSPS) is 11.9. The largest absolute Gasteiger partial charge is 0.478 e. The van der Waals surface area contributed by atoms with Crippen molar-refractivity contribution < 1.29 is 23.8 Å². The quantitative estimate of drug-likeness (QED) is 0.419. The molecule has 31 heavy (non-hydrogen) atoms. The number of carbonyl (C=O) groups is 2. The van der Waals surface area contributed by atoms with Gasteiger partial charge in [-0.3, -0.25) is 0 Å². The number of para-hydroxylation sites is 1. The number of benzene rings is 2. The van der Waals surface area contributed by atoms with E-state index in [-0.39, 0.29) is 11.3 Å². The Hall–Kier alpha value is -3.33. The molecule has 0 aliphatic carbocycles. The van der Waals surface area contributed by atoms with Crippen LogP contribution in [0, 0.1) is 18.3 Å². The number of esters is 2. The minimum absolute atomic E-state index is 0.118. The third kappa shape index (κ3) is 6.85. The van der Waals surface area contributed by atoms with E-state index in [1.807, 2.05) is 13.0 Å². The van der Waals surface area contributed by atoms with Crippen molar-refractivity contribution in [3.05, 3.63) is 59.2 Å². The first kappa shape index (κ1) is 23.9. The Labute approximate surface area is 183 Å². The van der Waals surface area contributed by atoms with Crippen molar-refractivity contribution in [2.45, 2.75) is 65.6 Å². The second-order valence-electron chi connectivity index (χ2n) is 8.21. The lowest BCUT2D eigenvalue weighted by molar-refractivity contribution is -0.163. The number of rotatable bonds is 8. The molecule has 0 saturated heterocycles. The van der Waals surface area contributed by atoms with Gasteiger partial charge in [0.15, 0.2) is 6.10 Å². The zero-order valence-corrected chi connectivity index (χ0v) is 18.7. The van der Waals surface area contributed by atoms with Crippen LogP contribution in [0.5, 0.6) is 11.5 Å². The summed E-state index contributed by atoms with van der Waals surface area (Å²) in [7, 11) is 0. The van der Waals surface area contributed by atoms with E-state index in [2.05, 4.69) is 6.07 Å². The first-order valence-electron chi connectivity index (χ1n) is 10.4. The number of nitriles is 1. The van der Waals surface area contributed by atoms with Gasteiger partial charge in [0, 0.05) is 0 Å². The molecule has 2 aromatic rings. The van der Waals surface area contributed by atoms with Crippen molar-refractivity contribution in [1.82, 2.24) is 0 Å². The zero-order valence-electron chi connectivity index (χ0n) is 18.7. The van der Waals surface area contributed by atoms with E-state index >= 15 is 0 Å². The van der Waals surface area contributed by atoms with Crippen LogP contribution in [0.2, 0.25) is 0 Å². The highest BCUT2D eigenvalue weighted by atomic mass is 16.6. The van der Waals surface area contributed by atoms with E-state index in [4.69, 9.17) is 14.2 Å². The summed E-state index contributed by atoms with van der Waals surface area (Å²) in [4.78, 5) is 25.7. The first-order chi connectivity index (χ1) is 14.7. The maximum atomic E-state index is 13.0. The Bertz CT molecular complexity index is 954. The molecule has 164 valence electrons. The van der Waals surface area contributed by atoms with Crippen LogP contribution in [0.1, 0.15) is 68.4 Å². The molecule has 2 rings (SSSR count). The standard InChI is InChI=1S/C25H29NO5/c1-6-7-13-21(23(27)31-25(3,4)5)30-20-15-14-18(16-26)17(2)22(20)24(28)29-19-11-9-8-10-12-19/h8-12,14-15,21H,6-7,13H2,1-5H3. The minimum Gasteiger partial charge on any atom is -0.478 e. The van der Waals surface area contributed by atoms with Crippen molar-refractivity contribution >= 4 is 11.9 Å². The van der Waals surface area contributed by atoms with Crippen LogP contribution < -0.4 is 9.47 Å². The molecule has 0 spiro atoms. The van der Waals surface area contributed by atoms with Crippen LogP contribution in [0.4, 0.5) is 0 Å². The Morgan fingerprint density at radius 2 is 1.77 bits per heavy atom. The van der Waals surface area contributed by atoms with E-state index in [0.29, 0.717) is 23.3 Å². The first-order valence-corrected chi connectivity index (χ1v) is 10.4. The summed E-state index contributed by atoms with van der Waals surface area (Å²) in [5, 5.41) is 9.40. The van der Waals surface area contributed by atoms with Gasteiger partial charge >= 0.3 is 11.9 Å². The Balaban J connectivity index is 2.41. The molecule has 0 saturated carbocycles. The molecule has 0 aromatic heterocycles. The second kappa shape index (κ2) is 10.6. The highest BCUT2D eigenvalue weighted by Crippen LogP contribution is 2.29. The molecule has 6 nitrogen and oxygen atoms in total. The number of carbonyl (C=O) groups excluding carboxylic acids is 2. The summed E-state index contributed by atoms with van der Waals surface area (Å²) < 4.78 is 17.0. The number of ether oxygens (including phenoxy) is 3. The Morgan fingerprint density at radius 3 is 2.35 bits per heavy atom. The molecule has 0 aliphatic rings. The lowest BCUT2D eigenvalue weighted by atomic mass is 10.0. The van der Waals surface area contributed by atoms with Crippen LogP contribution in [0.15, 0.2) is 42.5 Å². The lowest BCUT2D eigenvalue weighted by Gasteiger charge is -2.25. The van der Waals surface area contributed by atoms with E-state index in [0.717, 1.165) is 12.8 Å². The van der Waals surface area contributed by atoms with Gasteiger partial charge < -0.3 is 14.2 Å². The van der Waals surface area contributed by atoms with Crippen LogP contribution in [-0.2, 0) is 9.53 Å². The summed E-state index contributed by atoms with van der Waals surface area (Å²) in [5.74, 6) is -0.598. The van der Waals surface area contributed by atoms with E-state index in [1.54, 1.807) is 58.0 Å². The number of hydrogen-bond acceptors (Lipinski definition) is 6. The molecule has 0 bridgehead atoms. The van der Waals surface area contributed by atoms with Gasteiger partial charge in [-0.15, -0.1) is 0 Å². The van der Waals surface area contributed by atoms with Crippen molar-refractivity contribution in [2.24, 2.45) is 0 Å². The summed E-state index contributed by atoms with van der Waals surface area (Å²) in [6.45, 7) is 9.03. The molecule has 1 unspecified atom stereocenters. The molecule has 0 radical (unpaired) electrons. The molecule has 1 atom stereocenters. The zero-order chi connectivity index (χ0) is 23.0. The maximum absolute atomic E-state index is 13.0. The molecule has 0 fully saturated rings. The van der Waals surface area contributed by atoms with Crippen molar-refractivity contribution in [1.29, 1.82) is 5.26 Å². The molecule has 0 heterocycles. The van der Waals surface area contributed by atoms with Gasteiger partial charge in [0.25, 0.3) is 0 Å². The van der Waals surface area contributed by atoms with Gasteiger partial charge in [0.1, 0.15) is 22.7 Å². The fourth-order valence-electron chi connectivity index (χ4n) is 2.94. The Kier molecular flexibility index (Phi) is 8.21. The lowest BCUT2D eigenvalue weighted by Crippen LogP contribution is -2.35. The molecule has 6 heteroatoms. The van der Waals surface area contributed by atoms with Gasteiger partial charge in [-0.25, -0.2) is 9.59 Å². The van der Waals surface area contributed by atoms with E-state index in [9.17, 15) is 14.9 Å². The van der Waals surface area contributed by atoms with Gasteiger partial charge in [0.05, 0.1) is 11.6 Å². The number of nitrogens with zero attached hydrogens (tertiary/aromatic N) is 1. The van der Waals surface area contributed by atoms with Gasteiger partial charge in [-0.1, -0.05) is 31.5 Å². The van der Waals surface area contributed by atoms with Crippen LogP contribution >= 0.6 is 0 Å². The van der Waals surface area contributed by atoms with E-state index < -0.39 is 23.6 Å². The average molecular weight is 424 g/mol. The molecule has 0 N–H and O–H groups in total. The summed E-state index contributed by atoms with van der Waals surface area (Å²) in [5.41, 5.74) is 0.211. The SMILES string of the molecule is CCCCC(Oc1ccc(C#N)c(C)c1C(=O)Oc1ccccc1)C(=O)OC(C)(C)C. The highest BCUT2D eigenvalue weighted by molar-refractivity contribution is 5.96. The maximum Gasteiger partial charge on any atom is 0.347 e. The van der Waals surface area contributed by atoms with Gasteiger partial charge in [-0.2, -0.15) is 5.26 Å². The summed E-state index contributed by atoms with van der Waals surface area (Å²) in [6, 6.07) is 13.8. The second-order valence-corrected chi connectivity index (χ2v) is 8.21. The number of hydrogen-bond donors (Lipinski definition) is 0. The fourth-order valence-corrected chi connectivity index (χ4v) is 2.94. The molecular formula is C25H29NO5. The molecule has 2 aromatic carbocycles. The fraction of sp³-hybridized carbons (Fsp3) is 0.400. The van der Waals surface area contributed by atoms with Gasteiger partial charge in [0.2, 0.25) is 0 Å². The molecular weight excluding hydrogens is 394 g/mol. The average Bonchev–Trinajstić information content (AvgIpc) is 2.70. The third-order valence-corrected chi connectivity index (χ3v) is 4.46. The predicted molar refractivity (Wildman–Crippen MR) is 117 cm³/mol. The highest BCUT2D eigenvalue weighted by Gasteiger charge is 2.29. The van der Waals surface area contributed by atoms with E-state index in [1.165, 1.54) is 6.07 Å². The minimum atomic E-state index is -0.880. The predicted octanol–water partition coefficient (Wildman–Crippen LogP) is 5.37. The number of unbranched alkanes of at least 4 members (excludes halogenated alkanes) is 1. The summed E-state index contributed by atoms with van der Waals surface area (Å²) >= 11 is 0. The van der Waals surface area contributed by atoms with Gasteiger partial charge in [-0.05, 0) is 70.4 Å². The van der Waals surface area contributed by atoms with Crippen molar-refractivity contribution in [3.63, 3.8) is 0 Å². The van der Waals surface area contributed by atoms with Crippen LogP contribution in [-0.4, -0.2) is 23.6 Å². The summed E-state index contributed by atoms with van der Waals surface area (Å²) in [6.07, 6.45) is 1.19.